The van der Waals surface area contributed by atoms with Crippen molar-refractivity contribution in [2.24, 2.45) is 0 Å². The number of hydrogen-bond acceptors (Lipinski definition) is 6. The van der Waals surface area contributed by atoms with Crippen LogP contribution in [0, 0.1) is 0 Å². The summed E-state index contributed by atoms with van der Waals surface area (Å²) in [6.07, 6.45) is 3.77. The number of nitrogens with one attached hydrogen (secondary N) is 2. The predicted molar refractivity (Wildman–Crippen MR) is 108 cm³/mol. The number of para-hydroxylation sites is 1. The molecule has 2 heterocycles. The lowest BCUT2D eigenvalue weighted by Crippen LogP contribution is -2.38. The van der Waals surface area contributed by atoms with Gasteiger partial charge >= 0.3 is 0 Å². The maximum Gasteiger partial charge on any atom is 0.139 e. The maximum atomic E-state index is 6.18. The molecule has 0 amide bonds. The van der Waals surface area contributed by atoms with Gasteiger partial charge in [-0.05, 0) is 49.2 Å². The second-order valence-corrected chi connectivity index (χ2v) is 6.61. The monoisotopic (exact) mass is 361 g/mol. The zero-order chi connectivity index (χ0) is 18.5. The minimum absolute atomic E-state index is 0.340. The lowest BCUT2D eigenvalue weighted by molar-refractivity contribution is 0.479. The van der Waals surface area contributed by atoms with Crippen molar-refractivity contribution < 1.29 is 4.74 Å². The standard InChI is InChI=1S/C21H23N5O/c22-20-19(21(25-14-24-20)26-16-5-4-12-23-13-16)15-8-10-18(11-9-15)27-17-6-2-1-3-7-17/h1-3,6-11,14,16,23H,4-5,12-13H2,(H3,22,24,25,26)/t16-/m0/s1. The number of rotatable bonds is 5. The first-order valence-electron chi connectivity index (χ1n) is 9.20. The molecule has 0 aliphatic carbocycles. The van der Waals surface area contributed by atoms with Crippen LogP contribution in [-0.4, -0.2) is 29.1 Å². The number of hydrogen-bond donors (Lipinski definition) is 3. The summed E-state index contributed by atoms with van der Waals surface area (Å²) < 4.78 is 5.86. The summed E-state index contributed by atoms with van der Waals surface area (Å²) in [6, 6.07) is 17.9. The van der Waals surface area contributed by atoms with Gasteiger partial charge in [0.05, 0.1) is 5.56 Å². The number of nitrogens with zero attached hydrogens (tertiary/aromatic N) is 2. The van der Waals surface area contributed by atoms with Crippen LogP contribution in [0.15, 0.2) is 60.9 Å². The Hall–Kier alpha value is -3.12. The molecule has 4 rings (SSSR count). The molecule has 2 aromatic carbocycles. The van der Waals surface area contributed by atoms with Crippen LogP contribution in [0.5, 0.6) is 11.5 Å². The van der Waals surface area contributed by atoms with E-state index in [1.807, 2.05) is 54.6 Å². The molecule has 0 spiro atoms. The van der Waals surface area contributed by atoms with Crippen LogP contribution < -0.4 is 21.1 Å². The molecule has 1 aromatic heterocycles. The fourth-order valence-corrected chi connectivity index (χ4v) is 3.28. The Labute approximate surface area is 158 Å². The van der Waals surface area contributed by atoms with Gasteiger partial charge in [-0.25, -0.2) is 9.97 Å². The van der Waals surface area contributed by atoms with Crippen molar-refractivity contribution in [1.29, 1.82) is 0 Å². The van der Waals surface area contributed by atoms with Gasteiger partial charge in [-0.2, -0.15) is 0 Å². The van der Waals surface area contributed by atoms with E-state index < -0.39 is 0 Å². The summed E-state index contributed by atoms with van der Waals surface area (Å²) in [7, 11) is 0. The van der Waals surface area contributed by atoms with E-state index in [1.54, 1.807) is 0 Å². The molecular formula is C21H23N5O. The molecule has 6 nitrogen and oxygen atoms in total. The van der Waals surface area contributed by atoms with Crippen LogP contribution in [0.2, 0.25) is 0 Å². The molecule has 1 atom stereocenters. The SMILES string of the molecule is Nc1ncnc(N[C@H]2CCCNC2)c1-c1ccc(Oc2ccccc2)cc1. The molecule has 1 fully saturated rings. The zero-order valence-corrected chi connectivity index (χ0v) is 15.1. The molecule has 0 saturated carbocycles. The first kappa shape index (κ1) is 17.3. The van der Waals surface area contributed by atoms with E-state index in [-0.39, 0.29) is 0 Å². The Balaban J connectivity index is 1.57. The number of ether oxygens (including phenoxy) is 1. The van der Waals surface area contributed by atoms with Crippen LogP contribution in [0.4, 0.5) is 11.6 Å². The normalized spacial score (nSPS) is 16.7. The van der Waals surface area contributed by atoms with Crippen molar-refractivity contribution >= 4 is 11.6 Å². The van der Waals surface area contributed by atoms with Crippen LogP contribution in [0.3, 0.4) is 0 Å². The third kappa shape index (κ3) is 4.17. The Morgan fingerprint density at radius 3 is 2.52 bits per heavy atom. The molecule has 0 bridgehead atoms. The zero-order valence-electron chi connectivity index (χ0n) is 15.1. The van der Waals surface area contributed by atoms with Gasteiger partial charge in [-0.1, -0.05) is 30.3 Å². The molecule has 0 unspecified atom stereocenters. The average Bonchev–Trinajstić information content (AvgIpc) is 2.71. The molecule has 6 heteroatoms. The number of anilines is 2. The van der Waals surface area contributed by atoms with Crippen molar-refractivity contribution in [3.8, 4) is 22.6 Å². The molecule has 138 valence electrons. The highest BCUT2D eigenvalue weighted by molar-refractivity contribution is 5.83. The van der Waals surface area contributed by atoms with Gasteiger partial charge in [0.25, 0.3) is 0 Å². The van der Waals surface area contributed by atoms with E-state index in [0.717, 1.165) is 54.4 Å². The lowest BCUT2D eigenvalue weighted by atomic mass is 10.0. The van der Waals surface area contributed by atoms with Crippen molar-refractivity contribution in [3.63, 3.8) is 0 Å². The molecule has 1 aliphatic rings. The van der Waals surface area contributed by atoms with E-state index in [0.29, 0.717) is 11.9 Å². The maximum absolute atomic E-state index is 6.18. The Morgan fingerprint density at radius 2 is 1.78 bits per heavy atom. The predicted octanol–water partition coefficient (Wildman–Crippen LogP) is 3.68. The second-order valence-electron chi connectivity index (χ2n) is 6.61. The number of aromatic nitrogens is 2. The lowest BCUT2D eigenvalue weighted by Gasteiger charge is -2.25. The van der Waals surface area contributed by atoms with Crippen LogP contribution in [0.25, 0.3) is 11.1 Å². The smallest absolute Gasteiger partial charge is 0.139 e. The third-order valence-electron chi connectivity index (χ3n) is 4.64. The first-order chi connectivity index (χ1) is 13.3. The van der Waals surface area contributed by atoms with Gasteiger partial charge in [0.15, 0.2) is 0 Å². The first-order valence-corrected chi connectivity index (χ1v) is 9.20. The topological polar surface area (TPSA) is 85.1 Å². The summed E-state index contributed by atoms with van der Waals surface area (Å²) in [4.78, 5) is 8.62. The molecule has 4 N–H and O–H groups in total. The molecule has 1 aliphatic heterocycles. The van der Waals surface area contributed by atoms with Gasteiger partial charge < -0.3 is 21.1 Å². The van der Waals surface area contributed by atoms with Crippen molar-refractivity contribution in [2.75, 3.05) is 24.1 Å². The summed E-state index contributed by atoms with van der Waals surface area (Å²) in [5.41, 5.74) is 7.97. The summed E-state index contributed by atoms with van der Waals surface area (Å²) in [5, 5.41) is 6.92. The Bertz CT molecular complexity index is 877. The summed E-state index contributed by atoms with van der Waals surface area (Å²) in [6.45, 7) is 1.99. The number of nitrogen functional groups attached to an aromatic ring is 1. The Kier molecular flexibility index (Phi) is 5.16. The highest BCUT2D eigenvalue weighted by Gasteiger charge is 2.17. The molecule has 0 radical (unpaired) electrons. The van der Waals surface area contributed by atoms with Gasteiger partial charge in [0, 0.05) is 12.6 Å². The average molecular weight is 361 g/mol. The van der Waals surface area contributed by atoms with Crippen molar-refractivity contribution in [3.05, 3.63) is 60.9 Å². The quantitative estimate of drug-likeness (QED) is 0.643. The van der Waals surface area contributed by atoms with Gasteiger partial charge in [0.2, 0.25) is 0 Å². The molecular weight excluding hydrogens is 338 g/mol. The fourth-order valence-electron chi connectivity index (χ4n) is 3.28. The summed E-state index contributed by atoms with van der Waals surface area (Å²) in [5.74, 6) is 2.81. The third-order valence-corrected chi connectivity index (χ3v) is 4.64. The van der Waals surface area contributed by atoms with Crippen LogP contribution >= 0.6 is 0 Å². The van der Waals surface area contributed by atoms with E-state index >= 15 is 0 Å². The largest absolute Gasteiger partial charge is 0.457 e. The molecule has 1 saturated heterocycles. The van der Waals surface area contributed by atoms with Crippen molar-refractivity contribution in [2.45, 2.75) is 18.9 Å². The van der Waals surface area contributed by atoms with E-state index in [4.69, 9.17) is 10.5 Å². The van der Waals surface area contributed by atoms with Crippen LogP contribution in [0.1, 0.15) is 12.8 Å². The number of piperidine rings is 1. The Morgan fingerprint density at radius 1 is 1.00 bits per heavy atom. The minimum atomic E-state index is 0.340. The highest BCUT2D eigenvalue weighted by atomic mass is 16.5. The van der Waals surface area contributed by atoms with E-state index in [1.165, 1.54) is 6.33 Å². The molecule has 3 aromatic rings. The highest BCUT2D eigenvalue weighted by Crippen LogP contribution is 2.33. The number of nitrogens with two attached hydrogens (primary N) is 1. The van der Waals surface area contributed by atoms with Gasteiger partial charge in [-0.3, -0.25) is 0 Å². The van der Waals surface area contributed by atoms with Crippen molar-refractivity contribution in [1.82, 2.24) is 15.3 Å². The van der Waals surface area contributed by atoms with Gasteiger partial charge in [0.1, 0.15) is 29.5 Å². The second kappa shape index (κ2) is 8.05. The number of benzene rings is 2. The fraction of sp³-hybridized carbons (Fsp3) is 0.238. The van der Waals surface area contributed by atoms with Crippen LogP contribution in [-0.2, 0) is 0 Å². The van der Waals surface area contributed by atoms with E-state index in [9.17, 15) is 0 Å². The van der Waals surface area contributed by atoms with Gasteiger partial charge in [-0.15, -0.1) is 0 Å². The summed E-state index contributed by atoms with van der Waals surface area (Å²) >= 11 is 0. The minimum Gasteiger partial charge on any atom is -0.457 e. The van der Waals surface area contributed by atoms with E-state index in [2.05, 4.69) is 20.6 Å². The molecule has 27 heavy (non-hydrogen) atoms.